The fourth-order valence-electron chi connectivity index (χ4n) is 1.00. The lowest BCUT2D eigenvalue weighted by molar-refractivity contribution is 0.0594. The van der Waals surface area contributed by atoms with Crippen LogP contribution in [0.5, 0.6) is 0 Å². The van der Waals surface area contributed by atoms with Crippen LogP contribution in [0.1, 0.15) is 26.5 Å². The smallest absolute Gasteiger partial charge is 0.354 e. The zero-order valence-electron chi connectivity index (χ0n) is 7.25. The summed E-state index contributed by atoms with van der Waals surface area (Å²) >= 11 is 0. The number of carbonyl (C=O) groups is 2. The predicted octanol–water partition coefficient (Wildman–Crippen LogP) is 0.808. The van der Waals surface area contributed by atoms with Crippen LogP contribution in [0.4, 0.5) is 0 Å². The quantitative estimate of drug-likeness (QED) is 0.665. The Morgan fingerprint density at radius 3 is 2.54 bits per heavy atom. The summed E-state index contributed by atoms with van der Waals surface area (Å²) in [6.45, 7) is 1.60. The molecule has 1 aromatic heterocycles. The molecule has 1 rings (SSSR count). The molecular weight excluding hydrogens is 174 g/mol. The van der Waals surface area contributed by atoms with Crippen molar-refractivity contribution in [3.05, 3.63) is 23.0 Å². The van der Waals surface area contributed by atoms with Crippen molar-refractivity contribution in [1.29, 1.82) is 0 Å². The Kier molecular flexibility index (Phi) is 2.36. The largest absolute Gasteiger partial charge is 0.477 e. The van der Waals surface area contributed by atoms with Gasteiger partial charge in [0.25, 0.3) is 0 Å². The second-order valence-electron chi connectivity index (χ2n) is 2.54. The van der Waals surface area contributed by atoms with Crippen LogP contribution in [0.25, 0.3) is 0 Å². The summed E-state index contributed by atoms with van der Waals surface area (Å²) in [5, 5.41) is 8.65. The lowest BCUT2D eigenvalue weighted by Gasteiger charge is -1.92. The summed E-state index contributed by atoms with van der Waals surface area (Å²) in [7, 11) is 1.24. The number of aromatic carboxylic acids is 1. The maximum absolute atomic E-state index is 11.0. The number of aromatic nitrogens is 1. The molecule has 0 radical (unpaired) electrons. The number of carbonyl (C=O) groups excluding carboxylic acids is 1. The molecule has 0 unspecified atom stereocenters. The van der Waals surface area contributed by atoms with Crippen LogP contribution < -0.4 is 0 Å². The standard InChI is InChI=1S/C8H9NO4/c1-4-3-5(8(12)13-2)9-6(4)7(10)11/h3,9H,1-2H3,(H,10,11). The topological polar surface area (TPSA) is 79.4 Å². The number of aryl methyl sites for hydroxylation is 1. The van der Waals surface area contributed by atoms with Crippen molar-refractivity contribution in [2.45, 2.75) is 6.92 Å². The highest BCUT2D eigenvalue weighted by Gasteiger charge is 2.15. The lowest BCUT2D eigenvalue weighted by Crippen LogP contribution is -2.03. The Morgan fingerprint density at radius 2 is 2.15 bits per heavy atom. The minimum atomic E-state index is -1.09. The maximum atomic E-state index is 11.0. The molecule has 0 aliphatic rings. The monoisotopic (exact) mass is 183 g/mol. The second-order valence-corrected chi connectivity index (χ2v) is 2.54. The van der Waals surface area contributed by atoms with Gasteiger partial charge in [-0.05, 0) is 18.6 Å². The van der Waals surface area contributed by atoms with Crippen LogP contribution in [0.15, 0.2) is 6.07 Å². The number of H-pyrrole nitrogens is 1. The summed E-state index contributed by atoms with van der Waals surface area (Å²) in [4.78, 5) is 24.0. The van der Waals surface area contributed by atoms with E-state index >= 15 is 0 Å². The number of methoxy groups -OCH3 is 1. The third-order valence-corrected chi connectivity index (χ3v) is 1.63. The zero-order valence-corrected chi connectivity index (χ0v) is 7.25. The highest BCUT2D eigenvalue weighted by molar-refractivity contribution is 5.93. The van der Waals surface area contributed by atoms with Gasteiger partial charge in [0.1, 0.15) is 11.4 Å². The molecule has 1 aromatic rings. The molecule has 2 N–H and O–H groups in total. The molecule has 13 heavy (non-hydrogen) atoms. The average molecular weight is 183 g/mol. The Bertz CT molecular complexity index is 353. The highest BCUT2D eigenvalue weighted by atomic mass is 16.5. The molecule has 0 spiro atoms. The SMILES string of the molecule is COC(=O)c1cc(C)c(C(=O)O)[nH]1. The summed E-state index contributed by atoms with van der Waals surface area (Å²) < 4.78 is 4.42. The van der Waals surface area contributed by atoms with E-state index in [9.17, 15) is 9.59 Å². The zero-order chi connectivity index (χ0) is 10.0. The third-order valence-electron chi connectivity index (χ3n) is 1.63. The number of aromatic amines is 1. The molecule has 0 fully saturated rings. The van der Waals surface area contributed by atoms with Crippen molar-refractivity contribution in [2.75, 3.05) is 7.11 Å². The van der Waals surface area contributed by atoms with Crippen LogP contribution in [-0.4, -0.2) is 29.1 Å². The molecule has 70 valence electrons. The van der Waals surface area contributed by atoms with E-state index in [1.807, 2.05) is 0 Å². The van der Waals surface area contributed by atoms with Gasteiger partial charge in [-0.1, -0.05) is 0 Å². The van der Waals surface area contributed by atoms with Crippen LogP contribution in [0, 0.1) is 6.92 Å². The van der Waals surface area contributed by atoms with Crippen LogP contribution in [-0.2, 0) is 4.74 Å². The summed E-state index contributed by atoms with van der Waals surface area (Å²) in [6, 6.07) is 1.44. The molecule has 0 aromatic carbocycles. The summed E-state index contributed by atoms with van der Waals surface area (Å²) in [5.74, 6) is -1.66. The first kappa shape index (κ1) is 9.31. The van der Waals surface area contributed by atoms with E-state index in [2.05, 4.69) is 9.72 Å². The van der Waals surface area contributed by atoms with Crippen molar-refractivity contribution in [2.24, 2.45) is 0 Å². The number of ether oxygens (including phenoxy) is 1. The van der Waals surface area contributed by atoms with Gasteiger partial charge in [-0.2, -0.15) is 0 Å². The van der Waals surface area contributed by atoms with Gasteiger partial charge in [0.2, 0.25) is 0 Å². The maximum Gasteiger partial charge on any atom is 0.354 e. The first-order chi connectivity index (χ1) is 6.06. The van der Waals surface area contributed by atoms with Crippen molar-refractivity contribution < 1.29 is 19.4 Å². The van der Waals surface area contributed by atoms with E-state index in [1.165, 1.54) is 13.2 Å². The van der Waals surface area contributed by atoms with E-state index in [1.54, 1.807) is 6.92 Å². The molecular formula is C8H9NO4. The Hall–Kier alpha value is -1.78. The highest BCUT2D eigenvalue weighted by Crippen LogP contribution is 2.10. The van der Waals surface area contributed by atoms with Gasteiger partial charge in [0.15, 0.2) is 0 Å². The fourth-order valence-corrected chi connectivity index (χ4v) is 1.00. The van der Waals surface area contributed by atoms with E-state index in [4.69, 9.17) is 5.11 Å². The molecule has 0 aliphatic heterocycles. The van der Waals surface area contributed by atoms with Gasteiger partial charge in [-0.3, -0.25) is 0 Å². The van der Waals surface area contributed by atoms with Crippen molar-refractivity contribution in [3.8, 4) is 0 Å². The normalized spacial score (nSPS) is 9.69. The Morgan fingerprint density at radius 1 is 1.54 bits per heavy atom. The van der Waals surface area contributed by atoms with Crippen LogP contribution in [0.3, 0.4) is 0 Å². The van der Waals surface area contributed by atoms with E-state index in [-0.39, 0.29) is 11.4 Å². The number of nitrogens with one attached hydrogen (secondary N) is 1. The molecule has 5 heteroatoms. The first-order valence-electron chi connectivity index (χ1n) is 3.57. The Labute approximate surface area is 74.3 Å². The van der Waals surface area contributed by atoms with Crippen LogP contribution >= 0.6 is 0 Å². The third kappa shape index (κ3) is 1.69. The number of carboxylic acid groups (broad SMARTS) is 1. The molecule has 0 aliphatic carbocycles. The van der Waals surface area contributed by atoms with Gasteiger partial charge in [0, 0.05) is 0 Å². The van der Waals surface area contributed by atoms with Crippen LogP contribution in [0.2, 0.25) is 0 Å². The van der Waals surface area contributed by atoms with Gasteiger partial charge < -0.3 is 14.8 Å². The molecule has 0 saturated heterocycles. The van der Waals surface area contributed by atoms with E-state index < -0.39 is 11.9 Å². The van der Waals surface area contributed by atoms with Crippen molar-refractivity contribution in [3.63, 3.8) is 0 Å². The van der Waals surface area contributed by atoms with E-state index in [0.29, 0.717) is 5.56 Å². The minimum absolute atomic E-state index is 0.0143. The number of rotatable bonds is 2. The molecule has 0 amide bonds. The minimum Gasteiger partial charge on any atom is -0.477 e. The molecule has 0 bridgehead atoms. The molecule has 1 heterocycles. The number of hydrogen-bond acceptors (Lipinski definition) is 3. The Balaban J connectivity index is 3.09. The second kappa shape index (κ2) is 3.30. The van der Waals surface area contributed by atoms with E-state index in [0.717, 1.165) is 0 Å². The van der Waals surface area contributed by atoms with Crippen molar-refractivity contribution in [1.82, 2.24) is 4.98 Å². The number of esters is 1. The predicted molar refractivity (Wildman–Crippen MR) is 43.8 cm³/mol. The van der Waals surface area contributed by atoms with Crippen molar-refractivity contribution >= 4 is 11.9 Å². The number of hydrogen-bond donors (Lipinski definition) is 2. The first-order valence-corrected chi connectivity index (χ1v) is 3.57. The van der Waals surface area contributed by atoms with Gasteiger partial charge in [0.05, 0.1) is 7.11 Å². The number of carboxylic acids is 1. The molecule has 0 saturated carbocycles. The average Bonchev–Trinajstić information content (AvgIpc) is 2.46. The summed E-state index contributed by atoms with van der Waals surface area (Å²) in [5.41, 5.74) is 0.672. The fraction of sp³-hybridized carbons (Fsp3) is 0.250. The van der Waals surface area contributed by atoms with Gasteiger partial charge >= 0.3 is 11.9 Å². The summed E-state index contributed by atoms with van der Waals surface area (Å²) in [6.07, 6.45) is 0. The van der Waals surface area contributed by atoms with Gasteiger partial charge in [-0.15, -0.1) is 0 Å². The molecule has 5 nitrogen and oxygen atoms in total. The van der Waals surface area contributed by atoms with Gasteiger partial charge in [-0.25, -0.2) is 9.59 Å². The lowest BCUT2D eigenvalue weighted by atomic mass is 10.2. The molecule has 0 atom stereocenters.